The fourth-order valence-corrected chi connectivity index (χ4v) is 6.81. The van der Waals surface area contributed by atoms with Gasteiger partial charge in [-0.05, 0) is 67.7 Å². The molecule has 6 rings (SSSR count). The van der Waals surface area contributed by atoms with Crippen LogP contribution in [0.2, 0.25) is 0 Å². The van der Waals surface area contributed by atoms with Gasteiger partial charge in [-0.25, -0.2) is 0 Å². The van der Waals surface area contributed by atoms with Gasteiger partial charge < -0.3 is 36.0 Å². The summed E-state index contributed by atoms with van der Waals surface area (Å²) < 4.78 is 4.90. The topological polar surface area (TPSA) is 217 Å². The SMILES string of the molecule is CN(C)[C@H]1C(O)=C(C(N)=O)C(=O)[C@]2(O)C(O)=C3C(=O)c4c(O)ccc(-c5cccc(NC(=O)c6ccno6)c5)c4C[C@H]3C[C@H]12. The van der Waals surface area contributed by atoms with Crippen LogP contribution in [0, 0.1) is 11.8 Å². The molecule has 13 nitrogen and oxygen atoms in total. The molecule has 4 atom stereocenters. The molecule has 0 spiro atoms. The number of nitrogens with two attached hydrogens (primary N) is 1. The third-order valence-corrected chi connectivity index (χ3v) is 8.70. The third kappa shape index (κ3) is 4.12. The highest BCUT2D eigenvalue weighted by Crippen LogP contribution is 2.53. The molecule has 7 N–H and O–H groups in total. The third-order valence-electron chi connectivity index (χ3n) is 8.70. The fourth-order valence-electron chi connectivity index (χ4n) is 6.81. The molecule has 3 aliphatic carbocycles. The van der Waals surface area contributed by atoms with Crippen LogP contribution in [0.1, 0.15) is 32.9 Å². The van der Waals surface area contributed by atoms with Crippen LogP contribution in [0.3, 0.4) is 0 Å². The molecule has 3 aromatic rings. The summed E-state index contributed by atoms with van der Waals surface area (Å²) in [6.45, 7) is 0. The molecule has 13 heteroatoms. The van der Waals surface area contributed by atoms with E-state index in [1.54, 1.807) is 44.4 Å². The Bertz CT molecular complexity index is 1820. The number of benzene rings is 2. The zero-order valence-corrected chi connectivity index (χ0v) is 23.6. The number of Topliss-reactive ketones (excluding diaryl/α,β-unsaturated/α-hetero) is 2. The van der Waals surface area contributed by atoms with Crippen LogP contribution in [-0.2, 0) is 16.0 Å². The first-order valence-corrected chi connectivity index (χ1v) is 13.7. The highest BCUT2D eigenvalue weighted by molar-refractivity contribution is 6.25. The number of aliphatic hydroxyl groups is 3. The molecule has 0 aliphatic heterocycles. The van der Waals surface area contributed by atoms with Gasteiger partial charge in [0, 0.05) is 23.2 Å². The Morgan fingerprint density at radius 1 is 1.11 bits per heavy atom. The zero-order chi connectivity index (χ0) is 31.7. The first kappa shape index (κ1) is 28.8. The fraction of sp³-hybridized carbons (Fsp3) is 0.258. The molecule has 0 radical (unpaired) electrons. The molecule has 2 amide bonds. The van der Waals surface area contributed by atoms with Crippen LogP contribution in [0.4, 0.5) is 5.69 Å². The number of phenolic OH excluding ortho intramolecular Hbond substituents is 1. The Hall–Kier alpha value is -5.27. The number of amides is 2. The number of aliphatic hydroxyl groups excluding tert-OH is 2. The summed E-state index contributed by atoms with van der Waals surface area (Å²) in [5.41, 5.74) is 3.51. The molecule has 1 aromatic heterocycles. The number of phenols is 1. The number of anilines is 1. The zero-order valence-electron chi connectivity index (χ0n) is 23.6. The van der Waals surface area contributed by atoms with Crippen molar-refractivity contribution in [2.45, 2.75) is 24.5 Å². The number of carbonyl (C=O) groups excluding carboxylic acids is 4. The molecule has 44 heavy (non-hydrogen) atoms. The van der Waals surface area contributed by atoms with Gasteiger partial charge in [0.15, 0.2) is 11.4 Å². The number of hydrogen-bond donors (Lipinski definition) is 6. The van der Waals surface area contributed by atoms with Gasteiger partial charge in [0.1, 0.15) is 22.8 Å². The number of carbonyl (C=O) groups is 4. The van der Waals surface area contributed by atoms with Crippen molar-refractivity contribution in [2.75, 3.05) is 19.4 Å². The van der Waals surface area contributed by atoms with E-state index < -0.39 is 64.0 Å². The van der Waals surface area contributed by atoms with E-state index >= 15 is 0 Å². The Balaban J connectivity index is 1.45. The van der Waals surface area contributed by atoms with Gasteiger partial charge in [0.05, 0.1) is 17.8 Å². The van der Waals surface area contributed by atoms with E-state index in [4.69, 9.17) is 10.3 Å². The lowest BCUT2D eigenvalue weighted by Crippen LogP contribution is -2.63. The molecular weight excluding hydrogens is 572 g/mol. The van der Waals surface area contributed by atoms with Crippen molar-refractivity contribution >= 4 is 29.1 Å². The van der Waals surface area contributed by atoms with E-state index in [-0.39, 0.29) is 35.5 Å². The Kier molecular flexibility index (Phi) is 6.67. The van der Waals surface area contributed by atoms with E-state index in [1.807, 2.05) is 0 Å². The standard InChI is InChI=1S/C31H28N4O9/c1-35(2)24-18-12-14-11-17-16(13-4-3-5-15(10-13)34-30(42)20-8-9-33-44-20)6-7-19(36)22(17)25(37)21(14)27(39)31(18,43)28(40)23(26(24)38)29(32)41/h3-10,14,18,24,36,38-39,43H,11-12H2,1-2H3,(H2,32,41)(H,34,42)/t14-,18+,24+,31+/m0/s1. The predicted molar refractivity (Wildman–Crippen MR) is 154 cm³/mol. The van der Waals surface area contributed by atoms with Gasteiger partial charge in [-0.1, -0.05) is 23.4 Å². The molecule has 0 saturated carbocycles. The summed E-state index contributed by atoms with van der Waals surface area (Å²) in [6.07, 6.45) is 1.43. The van der Waals surface area contributed by atoms with Crippen molar-refractivity contribution in [3.63, 3.8) is 0 Å². The molecule has 0 unspecified atom stereocenters. The average Bonchev–Trinajstić information content (AvgIpc) is 3.50. The van der Waals surface area contributed by atoms with Gasteiger partial charge in [-0.15, -0.1) is 0 Å². The van der Waals surface area contributed by atoms with E-state index in [9.17, 15) is 39.6 Å². The number of nitrogens with zero attached hydrogens (tertiary/aromatic N) is 2. The molecule has 0 saturated heterocycles. The predicted octanol–water partition coefficient (Wildman–Crippen LogP) is 2.03. The monoisotopic (exact) mass is 600 g/mol. The number of nitrogens with one attached hydrogen (secondary N) is 1. The number of primary amides is 1. The second kappa shape index (κ2) is 10.2. The van der Waals surface area contributed by atoms with Crippen molar-refractivity contribution < 1.29 is 44.1 Å². The number of likely N-dealkylation sites (N-methyl/N-ethyl adjacent to an activating group) is 1. The second-order valence-corrected chi connectivity index (χ2v) is 11.4. The van der Waals surface area contributed by atoms with E-state index in [0.29, 0.717) is 22.4 Å². The van der Waals surface area contributed by atoms with Crippen LogP contribution in [0.25, 0.3) is 11.1 Å². The van der Waals surface area contributed by atoms with E-state index in [0.717, 1.165) is 0 Å². The lowest BCUT2D eigenvalue weighted by Gasteiger charge is -2.50. The number of allylic oxidation sites excluding steroid dienone is 1. The number of hydrogen-bond acceptors (Lipinski definition) is 11. The Morgan fingerprint density at radius 3 is 2.52 bits per heavy atom. The summed E-state index contributed by atoms with van der Waals surface area (Å²) in [6, 6.07) is 10.1. The maximum atomic E-state index is 14.0. The van der Waals surface area contributed by atoms with Crippen molar-refractivity contribution in [2.24, 2.45) is 17.6 Å². The largest absolute Gasteiger partial charge is 0.510 e. The second-order valence-electron chi connectivity index (χ2n) is 11.4. The quantitative estimate of drug-likeness (QED) is 0.233. The smallest absolute Gasteiger partial charge is 0.294 e. The number of ketones is 2. The number of aromatic hydroxyl groups is 1. The Labute approximate surface area is 249 Å². The number of fused-ring (bicyclic) bond motifs is 3. The van der Waals surface area contributed by atoms with Gasteiger partial charge in [-0.2, -0.15) is 0 Å². The summed E-state index contributed by atoms with van der Waals surface area (Å²) in [7, 11) is 3.13. The Morgan fingerprint density at radius 2 is 1.86 bits per heavy atom. The van der Waals surface area contributed by atoms with Crippen molar-refractivity contribution in [1.82, 2.24) is 10.1 Å². The molecular formula is C31H28N4O9. The maximum Gasteiger partial charge on any atom is 0.294 e. The average molecular weight is 601 g/mol. The van der Waals surface area contributed by atoms with Gasteiger partial charge in [0.2, 0.25) is 11.5 Å². The first-order valence-electron chi connectivity index (χ1n) is 13.7. The lowest BCUT2D eigenvalue weighted by atomic mass is 9.58. The number of rotatable bonds is 5. The molecule has 0 fully saturated rings. The summed E-state index contributed by atoms with van der Waals surface area (Å²) in [5, 5.41) is 51.2. The molecule has 1 heterocycles. The highest BCUT2D eigenvalue weighted by atomic mass is 16.5. The minimum atomic E-state index is -2.71. The lowest BCUT2D eigenvalue weighted by molar-refractivity contribution is -0.148. The van der Waals surface area contributed by atoms with E-state index in [1.165, 1.54) is 23.2 Å². The molecule has 2 aromatic carbocycles. The van der Waals surface area contributed by atoms with Crippen molar-refractivity contribution in [3.05, 3.63) is 88.2 Å². The van der Waals surface area contributed by atoms with Gasteiger partial charge in [0.25, 0.3) is 11.8 Å². The van der Waals surface area contributed by atoms with Crippen molar-refractivity contribution in [3.8, 4) is 16.9 Å². The normalized spacial score (nSPS) is 24.6. The molecule has 3 aliphatic rings. The van der Waals surface area contributed by atoms with Crippen LogP contribution in [-0.4, -0.2) is 79.6 Å². The molecule has 226 valence electrons. The minimum Gasteiger partial charge on any atom is -0.510 e. The van der Waals surface area contributed by atoms with Gasteiger partial charge >= 0.3 is 0 Å². The summed E-state index contributed by atoms with van der Waals surface area (Å²) >= 11 is 0. The summed E-state index contributed by atoms with van der Waals surface area (Å²) in [5.74, 6) is -7.67. The van der Waals surface area contributed by atoms with Crippen LogP contribution < -0.4 is 11.1 Å². The minimum absolute atomic E-state index is 0.0143. The number of aromatic nitrogens is 1. The first-order chi connectivity index (χ1) is 20.9. The highest BCUT2D eigenvalue weighted by Gasteiger charge is 2.63. The van der Waals surface area contributed by atoms with Crippen LogP contribution >= 0.6 is 0 Å². The maximum absolute atomic E-state index is 14.0. The molecule has 0 bridgehead atoms. The van der Waals surface area contributed by atoms with Crippen LogP contribution in [0.15, 0.2) is 75.8 Å². The summed E-state index contributed by atoms with van der Waals surface area (Å²) in [4.78, 5) is 53.6. The van der Waals surface area contributed by atoms with Crippen molar-refractivity contribution in [1.29, 1.82) is 0 Å². The van der Waals surface area contributed by atoms with Gasteiger partial charge in [-0.3, -0.25) is 24.1 Å². The van der Waals surface area contributed by atoms with Crippen LogP contribution in [0.5, 0.6) is 5.75 Å². The van der Waals surface area contributed by atoms with E-state index in [2.05, 4.69) is 10.5 Å².